The molecule has 0 aromatic heterocycles. The van der Waals surface area contributed by atoms with Gasteiger partial charge in [0.2, 0.25) is 0 Å². The van der Waals surface area contributed by atoms with Crippen LogP contribution in [0, 0.1) is 0 Å². The van der Waals surface area contributed by atoms with Gasteiger partial charge in [-0.3, -0.25) is 0 Å². The second-order valence-electron chi connectivity index (χ2n) is 6.29. The van der Waals surface area contributed by atoms with E-state index >= 15 is 0 Å². The van der Waals surface area contributed by atoms with Crippen molar-refractivity contribution in [3.8, 4) is 0 Å². The Balaban J connectivity index is 2.02. The molecule has 1 unspecified atom stereocenters. The summed E-state index contributed by atoms with van der Waals surface area (Å²) in [5.41, 5.74) is 1.79. The molecule has 0 aliphatic carbocycles. The summed E-state index contributed by atoms with van der Waals surface area (Å²) in [6.07, 6.45) is 3.83. The van der Waals surface area contributed by atoms with Crippen molar-refractivity contribution in [2.24, 2.45) is 0 Å². The van der Waals surface area contributed by atoms with Crippen molar-refractivity contribution < 1.29 is 5.11 Å². The minimum absolute atomic E-state index is 0.525. The predicted octanol–water partition coefficient (Wildman–Crippen LogP) is 3.58. The molecule has 1 fully saturated rings. The van der Waals surface area contributed by atoms with Gasteiger partial charge in [-0.2, -0.15) is 0 Å². The lowest BCUT2D eigenvalue weighted by atomic mass is 9.98. The molecular weight excluding hydrogens is 284 g/mol. The Kier molecular flexibility index (Phi) is 5.91. The molecule has 0 amide bonds. The Hall–Kier alpha value is -0.770. The average Bonchev–Trinajstić information content (AvgIpc) is 2.62. The summed E-state index contributed by atoms with van der Waals surface area (Å²) in [4.78, 5) is 2.33. The minimum Gasteiger partial charge on any atom is -0.390 e. The van der Waals surface area contributed by atoms with E-state index in [2.05, 4.69) is 35.3 Å². The maximum absolute atomic E-state index is 10.2. The first-order chi connectivity index (χ1) is 10.0. The average molecular weight is 311 g/mol. The van der Waals surface area contributed by atoms with E-state index in [0.29, 0.717) is 0 Å². The van der Waals surface area contributed by atoms with Gasteiger partial charge in [0.1, 0.15) is 0 Å². The molecule has 0 spiro atoms. The van der Waals surface area contributed by atoms with E-state index in [1.165, 1.54) is 0 Å². The highest BCUT2D eigenvalue weighted by Gasteiger charge is 2.25. The van der Waals surface area contributed by atoms with Gasteiger partial charge in [-0.15, -0.1) is 0 Å². The zero-order chi connectivity index (χ0) is 15.3. The van der Waals surface area contributed by atoms with Crippen molar-refractivity contribution in [3.63, 3.8) is 0 Å². The minimum atomic E-state index is -0.525. The van der Waals surface area contributed by atoms with E-state index in [1.807, 2.05) is 6.92 Å². The summed E-state index contributed by atoms with van der Waals surface area (Å²) in [5.74, 6) is 0. The summed E-state index contributed by atoms with van der Waals surface area (Å²) in [6.45, 7) is 7.80. The van der Waals surface area contributed by atoms with Gasteiger partial charge >= 0.3 is 0 Å². The standard InChI is InChI=1S/C17H27ClN2O/c1-3-9-19-13-14-5-6-15(12-16(14)18)20-10-4-7-17(2,21)8-11-20/h5-6,12,19,21H,3-4,7-11,13H2,1-2H3. The summed E-state index contributed by atoms with van der Waals surface area (Å²) in [7, 11) is 0. The molecule has 21 heavy (non-hydrogen) atoms. The van der Waals surface area contributed by atoms with E-state index < -0.39 is 5.60 Å². The number of nitrogens with one attached hydrogen (secondary N) is 1. The molecule has 1 aromatic carbocycles. The van der Waals surface area contributed by atoms with E-state index in [-0.39, 0.29) is 0 Å². The Labute approximate surface area is 133 Å². The molecular formula is C17H27ClN2O. The van der Waals surface area contributed by atoms with Crippen molar-refractivity contribution in [2.45, 2.75) is 51.7 Å². The molecule has 1 aliphatic heterocycles. The number of aliphatic hydroxyl groups is 1. The fourth-order valence-corrected chi connectivity index (χ4v) is 3.04. The second kappa shape index (κ2) is 7.48. The number of nitrogens with zero attached hydrogens (tertiary/aromatic N) is 1. The lowest BCUT2D eigenvalue weighted by Crippen LogP contribution is -2.28. The lowest BCUT2D eigenvalue weighted by Gasteiger charge is -2.25. The number of anilines is 1. The van der Waals surface area contributed by atoms with Crippen LogP contribution in [0.2, 0.25) is 5.02 Å². The molecule has 0 radical (unpaired) electrons. The SMILES string of the molecule is CCCNCc1ccc(N2CCCC(C)(O)CC2)cc1Cl. The van der Waals surface area contributed by atoms with Crippen molar-refractivity contribution in [2.75, 3.05) is 24.5 Å². The number of rotatable bonds is 5. The Bertz CT molecular complexity index is 462. The van der Waals surface area contributed by atoms with Crippen molar-refractivity contribution in [1.82, 2.24) is 5.32 Å². The number of hydrogen-bond donors (Lipinski definition) is 2. The van der Waals surface area contributed by atoms with Crippen LogP contribution < -0.4 is 10.2 Å². The van der Waals surface area contributed by atoms with Crippen LogP contribution in [0.4, 0.5) is 5.69 Å². The van der Waals surface area contributed by atoms with Gasteiger partial charge in [-0.1, -0.05) is 24.6 Å². The monoisotopic (exact) mass is 310 g/mol. The van der Waals surface area contributed by atoms with Crippen LogP contribution in [0.25, 0.3) is 0 Å². The highest BCUT2D eigenvalue weighted by molar-refractivity contribution is 6.31. The molecule has 1 atom stereocenters. The van der Waals surface area contributed by atoms with E-state index in [0.717, 1.165) is 68.1 Å². The predicted molar refractivity (Wildman–Crippen MR) is 90.1 cm³/mol. The van der Waals surface area contributed by atoms with Crippen LogP contribution in [0.3, 0.4) is 0 Å². The highest BCUT2D eigenvalue weighted by atomic mass is 35.5. The van der Waals surface area contributed by atoms with Crippen molar-refractivity contribution >= 4 is 17.3 Å². The highest BCUT2D eigenvalue weighted by Crippen LogP contribution is 2.28. The van der Waals surface area contributed by atoms with Gasteiger partial charge in [-0.05, 0) is 56.8 Å². The lowest BCUT2D eigenvalue weighted by molar-refractivity contribution is 0.0481. The third-order valence-electron chi connectivity index (χ3n) is 4.21. The fourth-order valence-electron chi connectivity index (χ4n) is 2.80. The number of benzene rings is 1. The number of hydrogen-bond acceptors (Lipinski definition) is 3. The topological polar surface area (TPSA) is 35.5 Å². The molecule has 0 saturated carbocycles. The van der Waals surface area contributed by atoms with Crippen molar-refractivity contribution in [3.05, 3.63) is 28.8 Å². The van der Waals surface area contributed by atoms with Crippen LogP contribution in [0.1, 0.15) is 45.1 Å². The maximum Gasteiger partial charge on any atom is 0.0637 e. The molecule has 1 aromatic rings. The van der Waals surface area contributed by atoms with Crippen LogP contribution in [0.5, 0.6) is 0 Å². The maximum atomic E-state index is 10.2. The number of halogens is 1. The van der Waals surface area contributed by atoms with Gasteiger partial charge in [0.15, 0.2) is 0 Å². The third-order valence-corrected chi connectivity index (χ3v) is 4.56. The molecule has 1 aliphatic rings. The zero-order valence-corrected chi connectivity index (χ0v) is 13.9. The first kappa shape index (κ1) is 16.6. The molecule has 2 N–H and O–H groups in total. The smallest absolute Gasteiger partial charge is 0.0637 e. The van der Waals surface area contributed by atoms with Gasteiger partial charge in [-0.25, -0.2) is 0 Å². The summed E-state index contributed by atoms with van der Waals surface area (Å²) in [6, 6.07) is 6.32. The Morgan fingerprint density at radius 3 is 2.86 bits per heavy atom. The first-order valence-electron chi connectivity index (χ1n) is 7.98. The van der Waals surface area contributed by atoms with Crippen molar-refractivity contribution in [1.29, 1.82) is 0 Å². The Morgan fingerprint density at radius 1 is 1.33 bits per heavy atom. The fraction of sp³-hybridized carbons (Fsp3) is 0.647. The van der Waals surface area contributed by atoms with Crippen LogP contribution in [0.15, 0.2) is 18.2 Å². The van der Waals surface area contributed by atoms with Gasteiger partial charge < -0.3 is 15.3 Å². The summed E-state index contributed by atoms with van der Waals surface area (Å²) >= 11 is 6.41. The van der Waals surface area contributed by atoms with E-state index in [4.69, 9.17) is 11.6 Å². The van der Waals surface area contributed by atoms with Crippen LogP contribution in [-0.2, 0) is 6.54 Å². The molecule has 1 saturated heterocycles. The van der Waals surface area contributed by atoms with E-state index in [9.17, 15) is 5.11 Å². The normalized spacial score (nSPS) is 23.1. The molecule has 2 rings (SSSR count). The van der Waals surface area contributed by atoms with Crippen LogP contribution in [-0.4, -0.2) is 30.3 Å². The first-order valence-corrected chi connectivity index (χ1v) is 8.36. The van der Waals surface area contributed by atoms with Gasteiger partial charge in [0, 0.05) is 30.3 Å². The Morgan fingerprint density at radius 2 is 2.14 bits per heavy atom. The van der Waals surface area contributed by atoms with Gasteiger partial charge in [0.25, 0.3) is 0 Å². The van der Waals surface area contributed by atoms with E-state index in [1.54, 1.807) is 0 Å². The second-order valence-corrected chi connectivity index (χ2v) is 6.70. The zero-order valence-electron chi connectivity index (χ0n) is 13.2. The van der Waals surface area contributed by atoms with Gasteiger partial charge in [0.05, 0.1) is 5.60 Å². The van der Waals surface area contributed by atoms with Crippen LogP contribution >= 0.6 is 11.6 Å². The summed E-state index contributed by atoms with van der Waals surface area (Å²) in [5, 5.41) is 14.4. The molecule has 4 heteroatoms. The molecule has 118 valence electrons. The third kappa shape index (κ3) is 4.87. The molecule has 1 heterocycles. The molecule has 3 nitrogen and oxygen atoms in total. The molecule has 0 bridgehead atoms. The quantitative estimate of drug-likeness (QED) is 0.816. The largest absolute Gasteiger partial charge is 0.390 e. The summed E-state index contributed by atoms with van der Waals surface area (Å²) < 4.78 is 0.